The van der Waals surface area contributed by atoms with Crippen LogP contribution < -0.4 is 14.8 Å². The normalized spacial score (nSPS) is 11.1. The Balaban J connectivity index is 1.34. The zero-order valence-electron chi connectivity index (χ0n) is 21.4. The SMILES string of the molecule is COc1cccc(C(=O)NCCCc2nc3ccccc3n2CCCOc2ccccc2C(C)C)c1. The van der Waals surface area contributed by atoms with Crippen molar-refractivity contribution in [3.05, 3.63) is 89.7 Å². The molecular weight excluding hydrogens is 450 g/mol. The fourth-order valence-corrected chi connectivity index (χ4v) is 4.37. The number of fused-ring (bicyclic) bond motifs is 1. The van der Waals surface area contributed by atoms with E-state index in [0.717, 1.165) is 48.4 Å². The molecule has 36 heavy (non-hydrogen) atoms. The van der Waals surface area contributed by atoms with Gasteiger partial charge in [0.2, 0.25) is 0 Å². The lowest BCUT2D eigenvalue weighted by Gasteiger charge is -2.14. The molecule has 1 amide bonds. The lowest BCUT2D eigenvalue weighted by Crippen LogP contribution is -2.25. The highest BCUT2D eigenvalue weighted by Gasteiger charge is 2.12. The van der Waals surface area contributed by atoms with Crippen LogP contribution in [0.25, 0.3) is 11.0 Å². The molecule has 1 N–H and O–H groups in total. The highest BCUT2D eigenvalue weighted by molar-refractivity contribution is 5.94. The third kappa shape index (κ3) is 6.25. The van der Waals surface area contributed by atoms with Gasteiger partial charge in [0.15, 0.2) is 0 Å². The van der Waals surface area contributed by atoms with Crippen molar-refractivity contribution >= 4 is 16.9 Å². The van der Waals surface area contributed by atoms with Crippen molar-refractivity contribution in [2.45, 2.75) is 45.6 Å². The summed E-state index contributed by atoms with van der Waals surface area (Å²) in [4.78, 5) is 17.4. The maximum Gasteiger partial charge on any atom is 0.251 e. The first-order valence-corrected chi connectivity index (χ1v) is 12.6. The minimum Gasteiger partial charge on any atom is -0.497 e. The Morgan fingerprint density at radius 3 is 2.64 bits per heavy atom. The summed E-state index contributed by atoms with van der Waals surface area (Å²) in [6.45, 7) is 6.42. The standard InChI is InChI=1S/C30H35N3O3/c1-22(2)25-13-4-7-16-28(25)36-20-10-19-33-27-15-6-5-14-26(27)32-29(33)17-9-18-31-30(34)23-11-8-12-24(21-23)35-3/h4-8,11-16,21-22H,9-10,17-20H2,1-3H3,(H,31,34). The molecule has 0 saturated carbocycles. The average molecular weight is 486 g/mol. The van der Waals surface area contributed by atoms with E-state index in [1.807, 2.05) is 36.4 Å². The van der Waals surface area contributed by atoms with Crippen molar-refractivity contribution in [1.29, 1.82) is 0 Å². The van der Waals surface area contributed by atoms with Gasteiger partial charge < -0.3 is 19.4 Å². The molecule has 0 bridgehead atoms. The number of para-hydroxylation sites is 3. The van der Waals surface area contributed by atoms with Gasteiger partial charge in [-0.1, -0.05) is 50.2 Å². The number of imidazole rings is 1. The monoisotopic (exact) mass is 485 g/mol. The molecule has 4 rings (SSSR count). The van der Waals surface area contributed by atoms with Crippen molar-refractivity contribution < 1.29 is 14.3 Å². The second kappa shape index (κ2) is 12.2. The van der Waals surface area contributed by atoms with Crippen molar-refractivity contribution in [1.82, 2.24) is 14.9 Å². The number of benzene rings is 3. The van der Waals surface area contributed by atoms with E-state index < -0.39 is 0 Å². The van der Waals surface area contributed by atoms with Gasteiger partial charge in [0.1, 0.15) is 17.3 Å². The Morgan fingerprint density at radius 2 is 1.81 bits per heavy atom. The summed E-state index contributed by atoms with van der Waals surface area (Å²) in [6.07, 6.45) is 2.47. The minimum absolute atomic E-state index is 0.0961. The number of carbonyl (C=O) groups is 1. The van der Waals surface area contributed by atoms with E-state index in [-0.39, 0.29) is 5.91 Å². The van der Waals surface area contributed by atoms with E-state index in [0.29, 0.717) is 30.4 Å². The number of aromatic nitrogens is 2. The molecule has 0 spiro atoms. The predicted octanol–water partition coefficient (Wildman–Crippen LogP) is 6.00. The Bertz CT molecular complexity index is 1300. The summed E-state index contributed by atoms with van der Waals surface area (Å²) in [5, 5.41) is 3.01. The Labute approximate surface area is 213 Å². The Hall–Kier alpha value is -3.80. The van der Waals surface area contributed by atoms with Crippen LogP contribution in [0.3, 0.4) is 0 Å². The number of methoxy groups -OCH3 is 1. The highest BCUT2D eigenvalue weighted by atomic mass is 16.5. The van der Waals surface area contributed by atoms with Gasteiger partial charge in [-0.15, -0.1) is 0 Å². The molecule has 0 aliphatic carbocycles. The first kappa shape index (κ1) is 25.3. The molecule has 0 saturated heterocycles. The molecule has 0 aliphatic rings. The molecular formula is C30H35N3O3. The molecule has 0 aliphatic heterocycles. The molecule has 4 aromatic rings. The van der Waals surface area contributed by atoms with Gasteiger partial charge in [-0.05, 0) is 60.7 Å². The fraction of sp³-hybridized carbons (Fsp3) is 0.333. The average Bonchev–Trinajstić information content (AvgIpc) is 3.26. The number of nitrogens with zero attached hydrogens (tertiary/aromatic N) is 2. The second-order valence-electron chi connectivity index (χ2n) is 9.15. The number of aryl methyl sites for hydroxylation is 2. The molecule has 188 valence electrons. The summed E-state index contributed by atoms with van der Waals surface area (Å²) in [5.41, 5.74) is 3.97. The van der Waals surface area contributed by atoms with Gasteiger partial charge in [0, 0.05) is 25.1 Å². The van der Waals surface area contributed by atoms with Crippen molar-refractivity contribution in [2.75, 3.05) is 20.3 Å². The van der Waals surface area contributed by atoms with E-state index >= 15 is 0 Å². The fourth-order valence-electron chi connectivity index (χ4n) is 4.37. The number of amides is 1. The number of hydrogen-bond donors (Lipinski definition) is 1. The third-order valence-electron chi connectivity index (χ3n) is 6.25. The quantitative estimate of drug-likeness (QED) is 0.250. The minimum atomic E-state index is -0.0961. The van der Waals surface area contributed by atoms with Crippen LogP contribution in [0.15, 0.2) is 72.8 Å². The molecule has 0 fully saturated rings. The van der Waals surface area contributed by atoms with Gasteiger partial charge in [0.25, 0.3) is 5.91 Å². The van der Waals surface area contributed by atoms with Crippen LogP contribution in [0.2, 0.25) is 0 Å². The lowest BCUT2D eigenvalue weighted by atomic mass is 10.0. The maximum atomic E-state index is 12.5. The molecule has 6 nitrogen and oxygen atoms in total. The smallest absolute Gasteiger partial charge is 0.251 e. The third-order valence-corrected chi connectivity index (χ3v) is 6.25. The molecule has 6 heteroatoms. The number of nitrogens with one attached hydrogen (secondary N) is 1. The first-order chi connectivity index (χ1) is 17.6. The number of ether oxygens (including phenoxy) is 2. The van der Waals surface area contributed by atoms with Crippen LogP contribution in [-0.2, 0) is 13.0 Å². The summed E-state index contributed by atoms with van der Waals surface area (Å²) in [6, 6.07) is 23.7. The van der Waals surface area contributed by atoms with Crippen LogP contribution in [0.4, 0.5) is 0 Å². The van der Waals surface area contributed by atoms with Gasteiger partial charge in [-0.3, -0.25) is 4.79 Å². The molecule has 0 atom stereocenters. The van der Waals surface area contributed by atoms with Gasteiger partial charge in [-0.2, -0.15) is 0 Å². The number of rotatable bonds is 12. The van der Waals surface area contributed by atoms with Crippen LogP contribution in [-0.4, -0.2) is 35.7 Å². The van der Waals surface area contributed by atoms with Crippen LogP contribution in [0, 0.1) is 0 Å². The van der Waals surface area contributed by atoms with E-state index in [9.17, 15) is 4.79 Å². The summed E-state index contributed by atoms with van der Waals surface area (Å²) in [7, 11) is 1.60. The summed E-state index contributed by atoms with van der Waals surface area (Å²) >= 11 is 0. The molecule has 0 unspecified atom stereocenters. The van der Waals surface area contributed by atoms with Crippen LogP contribution in [0.5, 0.6) is 11.5 Å². The van der Waals surface area contributed by atoms with Crippen molar-refractivity contribution in [2.24, 2.45) is 0 Å². The van der Waals surface area contributed by atoms with E-state index in [1.165, 1.54) is 5.56 Å². The topological polar surface area (TPSA) is 65.4 Å². The van der Waals surface area contributed by atoms with Crippen LogP contribution in [0.1, 0.15) is 54.4 Å². The molecule has 1 aromatic heterocycles. The van der Waals surface area contributed by atoms with E-state index in [4.69, 9.17) is 14.5 Å². The molecule has 3 aromatic carbocycles. The summed E-state index contributed by atoms with van der Waals surface area (Å²) in [5.74, 6) is 3.01. The zero-order valence-corrected chi connectivity index (χ0v) is 21.4. The van der Waals surface area contributed by atoms with Crippen molar-refractivity contribution in [3.8, 4) is 11.5 Å². The second-order valence-corrected chi connectivity index (χ2v) is 9.15. The Morgan fingerprint density at radius 1 is 1.00 bits per heavy atom. The maximum absolute atomic E-state index is 12.5. The van der Waals surface area contributed by atoms with Gasteiger partial charge >= 0.3 is 0 Å². The summed E-state index contributed by atoms with van der Waals surface area (Å²) < 4.78 is 13.6. The van der Waals surface area contributed by atoms with Crippen molar-refractivity contribution in [3.63, 3.8) is 0 Å². The van der Waals surface area contributed by atoms with Gasteiger partial charge in [-0.25, -0.2) is 4.98 Å². The predicted molar refractivity (Wildman–Crippen MR) is 144 cm³/mol. The largest absolute Gasteiger partial charge is 0.497 e. The Kier molecular flexibility index (Phi) is 8.61. The lowest BCUT2D eigenvalue weighted by molar-refractivity contribution is 0.0952. The highest BCUT2D eigenvalue weighted by Crippen LogP contribution is 2.26. The van der Waals surface area contributed by atoms with E-state index in [2.05, 4.69) is 48.0 Å². The first-order valence-electron chi connectivity index (χ1n) is 12.6. The van der Waals surface area contributed by atoms with E-state index in [1.54, 1.807) is 19.2 Å². The molecule has 0 radical (unpaired) electrons. The number of carbonyl (C=O) groups excluding carboxylic acids is 1. The van der Waals surface area contributed by atoms with Crippen LogP contribution >= 0.6 is 0 Å². The van der Waals surface area contributed by atoms with Gasteiger partial charge in [0.05, 0.1) is 24.8 Å². The zero-order chi connectivity index (χ0) is 25.3. The number of hydrogen-bond acceptors (Lipinski definition) is 4. The molecule has 1 heterocycles.